The van der Waals surface area contributed by atoms with Crippen LogP contribution in [0.3, 0.4) is 0 Å². The van der Waals surface area contributed by atoms with Crippen molar-refractivity contribution in [2.24, 2.45) is 0 Å². The maximum atomic E-state index is 6.56. The zero-order valence-electron chi connectivity index (χ0n) is 14.2. The van der Waals surface area contributed by atoms with E-state index in [0.29, 0.717) is 6.61 Å². The summed E-state index contributed by atoms with van der Waals surface area (Å²) < 4.78 is 23.9. The molecule has 2 atom stereocenters. The smallest absolute Gasteiger partial charge is 0.193 e. The number of furan rings is 1. The van der Waals surface area contributed by atoms with Crippen molar-refractivity contribution in [2.45, 2.75) is 70.7 Å². The number of hydrogen-bond donors (Lipinski definition) is 0. The van der Waals surface area contributed by atoms with Gasteiger partial charge in [0.25, 0.3) is 0 Å². The second kappa shape index (κ2) is 5.54. The first-order chi connectivity index (χ1) is 9.52. The molecule has 0 aromatic carbocycles. The predicted octanol–water partition coefficient (Wildman–Crippen LogP) is 4.49. The Balaban J connectivity index is 2.23. The van der Waals surface area contributed by atoms with E-state index >= 15 is 0 Å². The topological polar surface area (TPSA) is 40.8 Å². The normalized spacial score (nSPS) is 24.2. The highest BCUT2D eigenvalue weighted by molar-refractivity contribution is 6.74. The summed E-state index contributed by atoms with van der Waals surface area (Å²) in [6, 6.07) is 3.84. The summed E-state index contributed by atoms with van der Waals surface area (Å²) in [5.74, 6) is 0.248. The van der Waals surface area contributed by atoms with Crippen molar-refractivity contribution in [1.82, 2.24) is 0 Å². The van der Waals surface area contributed by atoms with Crippen molar-refractivity contribution in [3.63, 3.8) is 0 Å². The lowest BCUT2D eigenvalue weighted by Gasteiger charge is -2.40. The largest absolute Gasteiger partial charge is 0.467 e. The van der Waals surface area contributed by atoms with Gasteiger partial charge in [0, 0.05) is 0 Å². The molecule has 1 aromatic heterocycles. The van der Waals surface area contributed by atoms with Crippen LogP contribution in [0.2, 0.25) is 18.1 Å². The van der Waals surface area contributed by atoms with Crippen molar-refractivity contribution < 1.29 is 18.3 Å². The molecule has 0 unspecified atom stereocenters. The minimum atomic E-state index is -1.93. The highest BCUT2D eigenvalue weighted by atomic mass is 28.4. The Kier molecular flexibility index (Phi) is 4.41. The van der Waals surface area contributed by atoms with Gasteiger partial charge in [0.15, 0.2) is 14.1 Å². The predicted molar refractivity (Wildman–Crippen MR) is 84.6 cm³/mol. The molecule has 21 heavy (non-hydrogen) atoms. The van der Waals surface area contributed by atoms with E-state index in [4.69, 9.17) is 18.3 Å². The molecule has 0 amide bonds. The Morgan fingerprint density at radius 1 is 1.33 bits per heavy atom. The fraction of sp³-hybridized carbons (Fsp3) is 0.750. The molecule has 2 heterocycles. The Bertz CT molecular complexity index is 459. The summed E-state index contributed by atoms with van der Waals surface area (Å²) in [5, 5.41) is 0.132. The molecular weight excluding hydrogens is 284 g/mol. The van der Waals surface area contributed by atoms with Crippen molar-refractivity contribution in [1.29, 1.82) is 0 Å². The number of rotatable bonds is 4. The first-order valence-electron chi connectivity index (χ1n) is 7.55. The second-order valence-electron chi connectivity index (χ2n) is 7.68. The van der Waals surface area contributed by atoms with E-state index in [1.54, 1.807) is 6.26 Å². The first kappa shape index (κ1) is 16.7. The van der Waals surface area contributed by atoms with Crippen LogP contribution in [0.15, 0.2) is 22.8 Å². The van der Waals surface area contributed by atoms with Crippen LogP contribution in [-0.4, -0.2) is 26.8 Å². The molecule has 0 bridgehead atoms. The highest BCUT2D eigenvalue weighted by Gasteiger charge is 2.45. The lowest BCUT2D eigenvalue weighted by atomic mass is 10.2. The summed E-state index contributed by atoms with van der Waals surface area (Å²) in [7, 11) is -1.93. The van der Waals surface area contributed by atoms with Crippen molar-refractivity contribution >= 4 is 8.32 Å². The van der Waals surface area contributed by atoms with Crippen molar-refractivity contribution in [3.05, 3.63) is 24.2 Å². The molecule has 1 aliphatic heterocycles. The summed E-state index contributed by atoms with van der Waals surface area (Å²) in [4.78, 5) is 0. The van der Waals surface area contributed by atoms with Crippen LogP contribution in [-0.2, 0) is 13.9 Å². The lowest BCUT2D eigenvalue weighted by molar-refractivity contribution is -0.151. The fourth-order valence-corrected chi connectivity index (χ4v) is 3.39. The molecule has 0 radical (unpaired) electrons. The van der Waals surface area contributed by atoms with E-state index in [1.807, 2.05) is 26.0 Å². The highest BCUT2D eigenvalue weighted by Crippen LogP contribution is 2.42. The van der Waals surface area contributed by atoms with Gasteiger partial charge in [-0.25, -0.2) is 0 Å². The minimum absolute atomic E-state index is 0.132. The van der Waals surface area contributed by atoms with E-state index in [9.17, 15) is 0 Å². The summed E-state index contributed by atoms with van der Waals surface area (Å²) in [6.07, 6.45) is 1.32. The van der Waals surface area contributed by atoms with Crippen LogP contribution in [0.5, 0.6) is 0 Å². The quantitative estimate of drug-likeness (QED) is 0.768. The summed E-state index contributed by atoms with van der Waals surface area (Å²) in [5.41, 5.74) is 0. The molecule has 0 spiro atoms. The van der Waals surface area contributed by atoms with Gasteiger partial charge in [-0.3, -0.25) is 0 Å². The lowest BCUT2D eigenvalue weighted by Crippen LogP contribution is -2.44. The van der Waals surface area contributed by atoms with Gasteiger partial charge in [0.1, 0.15) is 18.0 Å². The van der Waals surface area contributed by atoms with E-state index in [0.717, 1.165) is 5.76 Å². The third-order valence-electron chi connectivity index (χ3n) is 4.42. The zero-order valence-corrected chi connectivity index (χ0v) is 15.2. The minimum Gasteiger partial charge on any atom is -0.467 e. The SMILES string of the molecule is CC1(C)OC[C@H]([C@@H](O[Si](C)(C)C(C)(C)C)c2ccco2)O1. The van der Waals surface area contributed by atoms with Gasteiger partial charge in [-0.05, 0) is 44.1 Å². The molecule has 0 aliphatic carbocycles. The van der Waals surface area contributed by atoms with Gasteiger partial charge in [-0.2, -0.15) is 0 Å². The molecule has 5 heteroatoms. The van der Waals surface area contributed by atoms with Gasteiger partial charge in [-0.15, -0.1) is 0 Å². The fourth-order valence-electron chi connectivity index (χ4n) is 2.13. The van der Waals surface area contributed by atoms with E-state index in [-0.39, 0.29) is 17.2 Å². The van der Waals surface area contributed by atoms with Crippen LogP contribution in [0, 0.1) is 0 Å². The standard InChI is InChI=1S/C16H28O4Si/c1-15(2,3)21(6,7)20-14(12-9-8-10-17-12)13-11-18-16(4,5)19-13/h8-10,13-14H,11H2,1-7H3/t13-,14+/m1/s1. The van der Waals surface area contributed by atoms with Gasteiger partial charge in [0.2, 0.25) is 0 Å². The molecule has 1 aromatic rings. The van der Waals surface area contributed by atoms with E-state index in [1.165, 1.54) is 0 Å². The third-order valence-corrected chi connectivity index (χ3v) is 8.88. The molecule has 0 N–H and O–H groups in total. The molecule has 1 aliphatic rings. The Morgan fingerprint density at radius 2 is 2.00 bits per heavy atom. The van der Waals surface area contributed by atoms with Crippen LogP contribution in [0.1, 0.15) is 46.5 Å². The Morgan fingerprint density at radius 3 is 2.43 bits per heavy atom. The average molecular weight is 312 g/mol. The van der Waals surface area contributed by atoms with Gasteiger partial charge in [-0.1, -0.05) is 20.8 Å². The first-order valence-corrected chi connectivity index (χ1v) is 10.5. The molecule has 1 saturated heterocycles. The van der Waals surface area contributed by atoms with Crippen LogP contribution in [0.4, 0.5) is 0 Å². The van der Waals surface area contributed by atoms with Crippen LogP contribution in [0.25, 0.3) is 0 Å². The van der Waals surface area contributed by atoms with Crippen LogP contribution < -0.4 is 0 Å². The molecule has 4 nitrogen and oxygen atoms in total. The van der Waals surface area contributed by atoms with E-state index in [2.05, 4.69) is 33.9 Å². The number of ether oxygens (including phenoxy) is 2. The third kappa shape index (κ3) is 3.77. The van der Waals surface area contributed by atoms with E-state index < -0.39 is 14.1 Å². The average Bonchev–Trinajstić information content (AvgIpc) is 2.93. The Labute approximate surface area is 128 Å². The van der Waals surface area contributed by atoms with Crippen molar-refractivity contribution in [3.8, 4) is 0 Å². The molecule has 1 fully saturated rings. The molecular formula is C16H28O4Si. The van der Waals surface area contributed by atoms with Crippen LogP contribution >= 0.6 is 0 Å². The van der Waals surface area contributed by atoms with Gasteiger partial charge in [0.05, 0.1) is 12.9 Å². The zero-order chi connectivity index (χ0) is 15.9. The summed E-state index contributed by atoms with van der Waals surface area (Å²) >= 11 is 0. The number of hydrogen-bond acceptors (Lipinski definition) is 4. The summed E-state index contributed by atoms with van der Waals surface area (Å²) in [6.45, 7) is 15.6. The molecule has 0 saturated carbocycles. The Hall–Kier alpha value is -0.623. The molecule has 2 rings (SSSR count). The monoisotopic (exact) mass is 312 g/mol. The van der Waals surface area contributed by atoms with Gasteiger partial charge < -0.3 is 18.3 Å². The van der Waals surface area contributed by atoms with Gasteiger partial charge >= 0.3 is 0 Å². The van der Waals surface area contributed by atoms with Crippen molar-refractivity contribution in [2.75, 3.05) is 6.61 Å². The molecule has 120 valence electrons. The maximum Gasteiger partial charge on any atom is 0.193 e. The second-order valence-corrected chi connectivity index (χ2v) is 12.4. The maximum absolute atomic E-state index is 6.56.